The molecule has 0 amide bonds. The molecule has 0 N–H and O–H groups in total. The van der Waals surface area contributed by atoms with Crippen LogP contribution in [0.1, 0.15) is 12.5 Å². The Hall–Kier alpha value is -0.900. The number of carbonyl (C=O) groups excluding carboxylic acids is 1. The lowest BCUT2D eigenvalue weighted by Crippen LogP contribution is -2.00. The fourth-order valence-corrected chi connectivity index (χ4v) is 3.74. The van der Waals surface area contributed by atoms with Gasteiger partial charge in [0, 0.05) is 6.92 Å². The number of benzene rings is 1. The first-order chi connectivity index (χ1) is 9.51. The van der Waals surface area contributed by atoms with Gasteiger partial charge in [-0.25, -0.2) is 9.79 Å². The average Bonchev–Trinajstić information content (AvgIpc) is 2.67. The molecule has 104 valence electrons. The van der Waals surface area contributed by atoms with E-state index in [4.69, 9.17) is 9.47 Å². The lowest BCUT2D eigenvalue weighted by Gasteiger charge is -2.09. The van der Waals surface area contributed by atoms with Crippen LogP contribution in [-0.2, 0) is 9.53 Å². The number of ether oxygens (including phenoxy) is 2. The normalized spacial score (nSPS) is 16.1. The van der Waals surface area contributed by atoms with Gasteiger partial charge in [0.1, 0.15) is 12.4 Å². The minimum atomic E-state index is -0.417. The van der Waals surface area contributed by atoms with Crippen LogP contribution in [-0.4, -0.2) is 18.5 Å². The van der Waals surface area contributed by atoms with E-state index in [2.05, 4.69) is 56.8 Å². The Labute approximate surface area is 144 Å². The maximum absolute atomic E-state index is 11.5. The molecule has 0 aromatic heterocycles. The van der Waals surface area contributed by atoms with Gasteiger partial charge in [0.05, 0.1) is 7.14 Å². The zero-order valence-corrected chi connectivity index (χ0v) is 15.0. The SMILES string of the molecule is C=CCOc1c(I)cc(/C=C2/N=C(C)OC2=O)cc1I. The van der Waals surface area contributed by atoms with E-state index in [0.29, 0.717) is 18.2 Å². The van der Waals surface area contributed by atoms with Gasteiger partial charge in [-0.15, -0.1) is 0 Å². The molecule has 0 radical (unpaired) electrons. The van der Waals surface area contributed by atoms with Crippen molar-refractivity contribution in [1.29, 1.82) is 0 Å². The molecule has 0 saturated heterocycles. The number of esters is 1. The standard InChI is InChI=1S/C14H11I2NO3/c1-3-4-19-13-10(15)5-9(6-11(13)16)7-12-14(18)20-8(2)17-12/h3,5-7H,1,4H2,2H3/b12-7+. The molecular weight excluding hydrogens is 484 g/mol. The highest BCUT2D eigenvalue weighted by atomic mass is 127. The summed E-state index contributed by atoms with van der Waals surface area (Å²) in [7, 11) is 0. The minimum Gasteiger partial charge on any atom is -0.487 e. The third kappa shape index (κ3) is 3.60. The van der Waals surface area contributed by atoms with Crippen molar-refractivity contribution in [3.8, 4) is 5.75 Å². The average molecular weight is 495 g/mol. The molecule has 0 saturated carbocycles. The molecule has 20 heavy (non-hydrogen) atoms. The topological polar surface area (TPSA) is 47.9 Å². The van der Waals surface area contributed by atoms with Gasteiger partial charge < -0.3 is 9.47 Å². The zero-order chi connectivity index (χ0) is 14.7. The molecule has 1 aliphatic rings. The van der Waals surface area contributed by atoms with E-state index in [1.165, 1.54) is 0 Å². The molecule has 1 aromatic rings. The van der Waals surface area contributed by atoms with Crippen molar-refractivity contribution < 1.29 is 14.3 Å². The summed E-state index contributed by atoms with van der Waals surface area (Å²) in [6.45, 7) is 5.74. The lowest BCUT2D eigenvalue weighted by atomic mass is 10.2. The Balaban J connectivity index is 2.33. The van der Waals surface area contributed by atoms with Gasteiger partial charge in [-0.2, -0.15) is 0 Å². The zero-order valence-electron chi connectivity index (χ0n) is 10.7. The summed E-state index contributed by atoms with van der Waals surface area (Å²) < 4.78 is 12.4. The van der Waals surface area contributed by atoms with Crippen LogP contribution in [0.5, 0.6) is 5.75 Å². The molecule has 0 bridgehead atoms. The van der Waals surface area contributed by atoms with E-state index in [-0.39, 0.29) is 0 Å². The van der Waals surface area contributed by atoms with Gasteiger partial charge >= 0.3 is 5.97 Å². The van der Waals surface area contributed by atoms with Crippen LogP contribution >= 0.6 is 45.2 Å². The number of hydrogen-bond donors (Lipinski definition) is 0. The quantitative estimate of drug-likeness (QED) is 0.277. The predicted octanol–water partition coefficient (Wildman–Crippen LogP) is 3.78. The Kier molecular flexibility index (Phi) is 5.19. The van der Waals surface area contributed by atoms with E-state index in [0.717, 1.165) is 18.5 Å². The molecular formula is C14H11I2NO3. The fraction of sp³-hybridized carbons (Fsp3) is 0.143. The van der Waals surface area contributed by atoms with Gasteiger partial charge in [0.2, 0.25) is 0 Å². The van der Waals surface area contributed by atoms with Crippen molar-refractivity contribution in [2.45, 2.75) is 6.92 Å². The second kappa shape index (κ2) is 6.70. The van der Waals surface area contributed by atoms with Crippen molar-refractivity contribution in [3.63, 3.8) is 0 Å². The van der Waals surface area contributed by atoms with Crippen LogP contribution in [0.4, 0.5) is 0 Å². The number of carbonyl (C=O) groups is 1. The summed E-state index contributed by atoms with van der Waals surface area (Å²) in [6, 6.07) is 3.87. The number of rotatable bonds is 4. The molecule has 2 rings (SSSR count). The van der Waals surface area contributed by atoms with Gasteiger partial charge in [-0.3, -0.25) is 0 Å². The van der Waals surface area contributed by atoms with Crippen molar-refractivity contribution >= 4 is 63.1 Å². The van der Waals surface area contributed by atoms with Crippen molar-refractivity contribution in [2.75, 3.05) is 6.61 Å². The lowest BCUT2D eigenvalue weighted by molar-refractivity contribution is -0.130. The Morgan fingerprint density at radius 2 is 2.05 bits per heavy atom. The van der Waals surface area contributed by atoms with Crippen molar-refractivity contribution in [1.82, 2.24) is 0 Å². The molecule has 1 aromatic carbocycles. The van der Waals surface area contributed by atoms with Crippen molar-refractivity contribution in [2.24, 2.45) is 4.99 Å². The highest BCUT2D eigenvalue weighted by molar-refractivity contribution is 14.1. The second-order valence-corrected chi connectivity index (χ2v) is 6.29. The van der Waals surface area contributed by atoms with Gasteiger partial charge in [0.15, 0.2) is 11.6 Å². The molecule has 1 aliphatic heterocycles. The fourth-order valence-electron chi connectivity index (χ4n) is 1.62. The minimum absolute atomic E-state index is 0.314. The van der Waals surface area contributed by atoms with E-state index >= 15 is 0 Å². The Bertz CT molecular complexity index is 612. The summed E-state index contributed by atoms with van der Waals surface area (Å²) in [5.74, 6) is 0.776. The van der Waals surface area contributed by atoms with Gasteiger partial charge in [-0.1, -0.05) is 12.7 Å². The highest BCUT2D eigenvalue weighted by Crippen LogP contribution is 2.30. The number of hydrogen-bond acceptors (Lipinski definition) is 4. The van der Waals surface area contributed by atoms with E-state index in [9.17, 15) is 4.79 Å². The Morgan fingerprint density at radius 3 is 2.55 bits per heavy atom. The molecule has 0 aliphatic carbocycles. The first-order valence-electron chi connectivity index (χ1n) is 5.73. The van der Waals surface area contributed by atoms with Crippen LogP contribution in [0.25, 0.3) is 6.08 Å². The smallest absolute Gasteiger partial charge is 0.363 e. The first kappa shape index (κ1) is 15.5. The molecule has 0 fully saturated rings. The number of nitrogens with zero attached hydrogens (tertiary/aromatic N) is 1. The van der Waals surface area contributed by atoms with Crippen LogP contribution in [0.2, 0.25) is 0 Å². The summed E-state index contributed by atoms with van der Waals surface area (Å²) in [5.41, 5.74) is 1.20. The van der Waals surface area contributed by atoms with Crippen LogP contribution < -0.4 is 4.74 Å². The third-order valence-corrected chi connectivity index (χ3v) is 4.00. The van der Waals surface area contributed by atoms with Gasteiger partial charge in [0.25, 0.3) is 0 Å². The molecule has 0 unspecified atom stereocenters. The monoisotopic (exact) mass is 495 g/mol. The van der Waals surface area contributed by atoms with Crippen LogP contribution in [0.15, 0.2) is 35.5 Å². The van der Waals surface area contributed by atoms with E-state index in [1.807, 2.05) is 12.1 Å². The molecule has 4 nitrogen and oxygen atoms in total. The van der Waals surface area contributed by atoms with Crippen LogP contribution in [0, 0.1) is 7.14 Å². The molecule has 6 heteroatoms. The third-order valence-electron chi connectivity index (χ3n) is 2.40. The van der Waals surface area contributed by atoms with Crippen LogP contribution in [0.3, 0.4) is 0 Å². The molecule has 0 atom stereocenters. The maximum atomic E-state index is 11.5. The summed E-state index contributed by atoms with van der Waals surface area (Å²) in [4.78, 5) is 15.6. The van der Waals surface area contributed by atoms with Crippen molar-refractivity contribution in [3.05, 3.63) is 43.2 Å². The summed E-state index contributed by atoms with van der Waals surface area (Å²) >= 11 is 4.40. The Morgan fingerprint density at radius 1 is 1.40 bits per heavy atom. The summed E-state index contributed by atoms with van der Waals surface area (Å²) in [5, 5.41) is 0. The largest absolute Gasteiger partial charge is 0.487 e. The number of cyclic esters (lactones) is 1. The van der Waals surface area contributed by atoms with E-state index < -0.39 is 5.97 Å². The number of aliphatic imine (C=N–C) groups is 1. The predicted molar refractivity (Wildman–Crippen MR) is 94.7 cm³/mol. The second-order valence-electron chi connectivity index (χ2n) is 3.96. The molecule has 1 heterocycles. The number of halogens is 2. The first-order valence-corrected chi connectivity index (χ1v) is 7.89. The molecule has 0 spiro atoms. The maximum Gasteiger partial charge on any atom is 0.363 e. The van der Waals surface area contributed by atoms with E-state index in [1.54, 1.807) is 19.1 Å². The summed E-state index contributed by atoms with van der Waals surface area (Å²) in [6.07, 6.45) is 3.41. The highest BCUT2D eigenvalue weighted by Gasteiger charge is 2.20. The van der Waals surface area contributed by atoms with Gasteiger partial charge in [-0.05, 0) is 69.0 Å².